The van der Waals surface area contributed by atoms with E-state index in [1.54, 1.807) is 23.5 Å². The van der Waals surface area contributed by atoms with Gasteiger partial charge in [-0.25, -0.2) is 0 Å². The maximum atomic E-state index is 11.4. The quantitative estimate of drug-likeness (QED) is 0.247. The highest BCUT2D eigenvalue weighted by atomic mass is 32.2. The first-order chi connectivity index (χ1) is 12.7. The Kier molecular flexibility index (Phi) is 14.3. The summed E-state index contributed by atoms with van der Waals surface area (Å²) in [6, 6.07) is 0. The molecule has 6 nitrogen and oxygen atoms in total. The van der Waals surface area contributed by atoms with Gasteiger partial charge in [-0.2, -0.15) is 23.5 Å². The Morgan fingerprint density at radius 3 is 1.22 bits per heavy atom. The summed E-state index contributed by atoms with van der Waals surface area (Å²) in [6.45, 7) is 0. The molecule has 27 heavy (non-hydrogen) atoms. The van der Waals surface area contributed by atoms with Gasteiger partial charge < -0.3 is 21.7 Å². The summed E-state index contributed by atoms with van der Waals surface area (Å²) in [5, 5.41) is 18.7. The van der Waals surface area contributed by atoms with Crippen LogP contribution in [0.25, 0.3) is 0 Å². The lowest BCUT2D eigenvalue weighted by molar-refractivity contribution is -0.144. The molecule has 0 radical (unpaired) electrons. The fourth-order valence-electron chi connectivity index (χ4n) is 3.01. The molecule has 8 heteroatoms. The Labute approximate surface area is 172 Å². The summed E-state index contributed by atoms with van der Waals surface area (Å²) in [4.78, 5) is 22.7. The lowest BCUT2D eigenvalue weighted by atomic mass is 9.89. The second-order valence-electron chi connectivity index (χ2n) is 7.38. The maximum Gasteiger partial charge on any atom is 0.323 e. The number of carbonyl (C=O) groups is 2. The van der Waals surface area contributed by atoms with E-state index in [2.05, 4.69) is 0 Å². The van der Waals surface area contributed by atoms with Crippen molar-refractivity contribution in [3.8, 4) is 0 Å². The minimum absolute atomic E-state index is 0.504. The Bertz CT molecular complexity index is 402. The van der Waals surface area contributed by atoms with E-state index in [1.807, 2.05) is 12.5 Å². The zero-order valence-electron chi connectivity index (χ0n) is 16.9. The van der Waals surface area contributed by atoms with Crippen LogP contribution in [0.1, 0.15) is 70.6 Å². The number of carboxylic acids is 2. The Morgan fingerprint density at radius 2 is 0.963 bits per heavy atom. The summed E-state index contributed by atoms with van der Waals surface area (Å²) >= 11 is 3.24. The number of rotatable bonds is 18. The minimum atomic E-state index is -1.10. The van der Waals surface area contributed by atoms with Crippen LogP contribution in [0.15, 0.2) is 0 Å². The monoisotopic (exact) mass is 422 g/mol. The average Bonchev–Trinajstić information content (AvgIpc) is 2.63. The van der Waals surface area contributed by atoms with E-state index >= 15 is 0 Å². The zero-order valence-corrected chi connectivity index (χ0v) is 18.5. The molecule has 0 rings (SSSR count). The predicted molar refractivity (Wildman–Crippen MR) is 117 cm³/mol. The Morgan fingerprint density at radius 1 is 0.667 bits per heavy atom. The molecule has 0 aliphatic heterocycles. The van der Waals surface area contributed by atoms with Gasteiger partial charge in [0.2, 0.25) is 0 Å². The predicted octanol–water partition coefficient (Wildman–Crippen LogP) is 3.57. The fourth-order valence-corrected chi connectivity index (χ4v) is 4.15. The van der Waals surface area contributed by atoms with E-state index in [1.165, 1.54) is 0 Å². The molecule has 0 aromatic rings. The van der Waals surface area contributed by atoms with Crippen molar-refractivity contribution in [1.29, 1.82) is 0 Å². The van der Waals surface area contributed by atoms with E-state index in [9.17, 15) is 19.8 Å². The second kappa shape index (κ2) is 14.5. The molecule has 0 aliphatic rings. The molecule has 0 aromatic heterocycles. The van der Waals surface area contributed by atoms with Crippen LogP contribution < -0.4 is 11.5 Å². The smallest absolute Gasteiger partial charge is 0.323 e. The van der Waals surface area contributed by atoms with E-state index in [-0.39, 0.29) is 0 Å². The van der Waals surface area contributed by atoms with Crippen LogP contribution >= 0.6 is 23.5 Å². The molecular formula is C19H38N2O4S2. The number of hydrogen-bond acceptors (Lipinski definition) is 6. The van der Waals surface area contributed by atoms with Crippen LogP contribution in [-0.2, 0) is 9.59 Å². The summed E-state index contributed by atoms with van der Waals surface area (Å²) in [6.07, 6.45) is 12.8. The first kappa shape index (κ1) is 26.6. The van der Waals surface area contributed by atoms with Crippen molar-refractivity contribution in [3.05, 3.63) is 0 Å². The molecule has 0 amide bonds. The molecule has 2 unspecified atom stereocenters. The molecule has 0 spiro atoms. The summed E-state index contributed by atoms with van der Waals surface area (Å²) < 4.78 is 0. The lowest BCUT2D eigenvalue weighted by Crippen LogP contribution is -2.48. The van der Waals surface area contributed by atoms with Gasteiger partial charge in [-0.3, -0.25) is 9.59 Å². The lowest BCUT2D eigenvalue weighted by Gasteiger charge is -2.24. The molecule has 0 heterocycles. The summed E-state index contributed by atoms with van der Waals surface area (Å²) in [7, 11) is 0. The van der Waals surface area contributed by atoms with E-state index in [0.717, 1.165) is 56.5 Å². The molecule has 6 N–H and O–H groups in total. The van der Waals surface area contributed by atoms with Crippen molar-refractivity contribution in [2.24, 2.45) is 11.5 Å². The number of aliphatic carboxylic acids is 2. The number of thioether (sulfide) groups is 2. The van der Waals surface area contributed by atoms with Gasteiger partial charge in [-0.15, -0.1) is 0 Å². The van der Waals surface area contributed by atoms with E-state index in [0.29, 0.717) is 25.7 Å². The van der Waals surface area contributed by atoms with Gasteiger partial charge in [0, 0.05) is 0 Å². The number of nitrogens with two attached hydrogens (primary N) is 2. The molecule has 0 bridgehead atoms. The number of unbranched alkanes of at least 4 members (excludes halogenated alkanes) is 6. The SMILES string of the molecule is CSCCC(N)(CCCCCCCCCC(N)(CCSC)C(=O)O)C(=O)O. The van der Waals surface area contributed by atoms with E-state index in [4.69, 9.17) is 11.5 Å². The summed E-state index contributed by atoms with van der Waals surface area (Å²) in [5.41, 5.74) is 9.87. The zero-order chi connectivity index (χ0) is 20.8. The van der Waals surface area contributed by atoms with Crippen LogP contribution in [-0.4, -0.2) is 57.2 Å². The van der Waals surface area contributed by atoms with Crippen molar-refractivity contribution in [1.82, 2.24) is 0 Å². The first-order valence-electron chi connectivity index (χ1n) is 9.74. The standard InChI is InChI=1S/C19H38N2O4S2/c1-26-14-12-18(20,16(22)23)10-8-6-4-3-5-7-9-11-19(21,17(24)25)13-15-27-2/h3-15,20-21H2,1-2H3,(H,22,23)(H,24,25). The average molecular weight is 423 g/mol. The van der Waals surface area contributed by atoms with Gasteiger partial charge >= 0.3 is 11.9 Å². The van der Waals surface area contributed by atoms with Crippen LogP contribution in [0.4, 0.5) is 0 Å². The normalized spacial score (nSPS) is 15.9. The minimum Gasteiger partial charge on any atom is -0.480 e. The molecular weight excluding hydrogens is 384 g/mol. The first-order valence-corrected chi connectivity index (χ1v) is 12.5. The largest absolute Gasteiger partial charge is 0.480 e. The van der Waals surface area contributed by atoms with Gasteiger partial charge in [-0.1, -0.05) is 44.9 Å². The third-order valence-corrected chi connectivity index (χ3v) is 6.33. The highest BCUT2D eigenvalue weighted by molar-refractivity contribution is 7.98. The molecule has 0 saturated heterocycles. The van der Waals surface area contributed by atoms with Gasteiger partial charge in [0.05, 0.1) is 0 Å². The van der Waals surface area contributed by atoms with Crippen LogP contribution in [0.3, 0.4) is 0 Å². The fraction of sp³-hybridized carbons (Fsp3) is 0.895. The molecule has 0 fully saturated rings. The number of hydrogen-bond donors (Lipinski definition) is 4. The van der Waals surface area contributed by atoms with Gasteiger partial charge in [0.15, 0.2) is 0 Å². The van der Waals surface area contributed by atoms with Gasteiger partial charge in [-0.05, 0) is 49.7 Å². The number of carboxylic acid groups (broad SMARTS) is 2. The van der Waals surface area contributed by atoms with Crippen molar-refractivity contribution in [2.75, 3.05) is 24.0 Å². The third kappa shape index (κ3) is 11.2. The van der Waals surface area contributed by atoms with Crippen molar-refractivity contribution in [2.45, 2.75) is 81.7 Å². The maximum absolute atomic E-state index is 11.4. The second-order valence-corrected chi connectivity index (χ2v) is 9.35. The van der Waals surface area contributed by atoms with E-state index < -0.39 is 23.0 Å². The Balaban J connectivity index is 3.88. The highest BCUT2D eigenvalue weighted by Crippen LogP contribution is 2.22. The van der Waals surface area contributed by atoms with Crippen molar-refractivity contribution >= 4 is 35.5 Å². The van der Waals surface area contributed by atoms with Crippen LogP contribution in [0.2, 0.25) is 0 Å². The molecule has 0 aromatic carbocycles. The van der Waals surface area contributed by atoms with Crippen molar-refractivity contribution in [3.63, 3.8) is 0 Å². The van der Waals surface area contributed by atoms with Gasteiger partial charge in [0.1, 0.15) is 11.1 Å². The van der Waals surface area contributed by atoms with Crippen LogP contribution in [0, 0.1) is 0 Å². The molecule has 0 aliphatic carbocycles. The summed E-state index contributed by atoms with van der Waals surface area (Å²) in [5.74, 6) is -0.277. The van der Waals surface area contributed by atoms with Crippen molar-refractivity contribution < 1.29 is 19.8 Å². The topological polar surface area (TPSA) is 127 Å². The Hall–Kier alpha value is -0.440. The third-order valence-electron chi connectivity index (χ3n) is 5.10. The highest BCUT2D eigenvalue weighted by Gasteiger charge is 2.33. The molecule has 2 atom stereocenters. The molecule has 160 valence electrons. The molecule has 0 saturated carbocycles. The van der Waals surface area contributed by atoms with Crippen LogP contribution in [0.5, 0.6) is 0 Å². The van der Waals surface area contributed by atoms with Gasteiger partial charge in [0.25, 0.3) is 0 Å².